The van der Waals surface area contributed by atoms with Gasteiger partial charge in [-0.3, -0.25) is 9.59 Å². The van der Waals surface area contributed by atoms with Crippen molar-refractivity contribution in [3.05, 3.63) is 23.8 Å². The number of likely N-dealkylation sites (N-methyl/N-ethyl adjacent to an activating group) is 1. The fourth-order valence-electron chi connectivity index (χ4n) is 2.96. The highest BCUT2D eigenvalue weighted by atomic mass is 16.7. The third-order valence-electron chi connectivity index (χ3n) is 4.28. The van der Waals surface area contributed by atoms with Crippen molar-refractivity contribution in [2.75, 3.05) is 34.0 Å². The van der Waals surface area contributed by atoms with Gasteiger partial charge in [-0.2, -0.15) is 0 Å². The van der Waals surface area contributed by atoms with Crippen LogP contribution in [0.3, 0.4) is 0 Å². The predicted molar refractivity (Wildman–Crippen MR) is 87.7 cm³/mol. The van der Waals surface area contributed by atoms with Crippen LogP contribution in [0.2, 0.25) is 0 Å². The van der Waals surface area contributed by atoms with Crippen LogP contribution in [0.25, 0.3) is 0 Å². The van der Waals surface area contributed by atoms with Crippen molar-refractivity contribution in [1.29, 1.82) is 0 Å². The van der Waals surface area contributed by atoms with Gasteiger partial charge in [0.15, 0.2) is 11.5 Å². The van der Waals surface area contributed by atoms with Gasteiger partial charge in [0.05, 0.1) is 0 Å². The number of nitrogens with zero attached hydrogens (tertiary/aromatic N) is 2. The molecule has 1 N–H and O–H groups in total. The minimum atomic E-state index is -0.398. The summed E-state index contributed by atoms with van der Waals surface area (Å²) >= 11 is 0. The molecule has 0 saturated carbocycles. The first kappa shape index (κ1) is 16.6. The number of fused-ring (bicyclic) bond motifs is 1. The molecule has 0 spiro atoms. The SMILES string of the molecule is CN(C)CCNC(=O)[C@@H]1CCC(=O)N1Cc1ccc2c(c1)OCO2. The summed E-state index contributed by atoms with van der Waals surface area (Å²) in [5, 5.41) is 2.91. The molecule has 1 aromatic rings. The molecule has 1 saturated heterocycles. The second kappa shape index (κ2) is 7.09. The van der Waals surface area contributed by atoms with E-state index in [4.69, 9.17) is 9.47 Å². The summed E-state index contributed by atoms with van der Waals surface area (Å²) in [5.41, 5.74) is 0.931. The van der Waals surface area contributed by atoms with Crippen molar-refractivity contribution < 1.29 is 19.1 Å². The molecule has 0 radical (unpaired) electrons. The third kappa shape index (κ3) is 3.62. The Kier molecular flexibility index (Phi) is 4.89. The zero-order valence-corrected chi connectivity index (χ0v) is 14.1. The molecule has 0 aliphatic carbocycles. The predicted octanol–water partition coefficient (Wildman–Crippen LogP) is 0.584. The van der Waals surface area contributed by atoms with Gasteiger partial charge in [0.2, 0.25) is 18.6 Å². The smallest absolute Gasteiger partial charge is 0.242 e. The molecular weight excluding hydrogens is 310 g/mol. The Morgan fingerprint density at radius 3 is 2.92 bits per heavy atom. The van der Waals surface area contributed by atoms with Crippen molar-refractivity contribution in [3.63, 3.8) is 0 Å². The number of nitrogens with one attached hydrogen (secondary N) is 1. The normalized spacial score (nSPS) is 19.2. The van der Waals surface area contributed by atoms with Crippen LogP contribution < -0.4 is 14.8 Å². The van der Waals surface area contributed by atoms with E-state index in [0.717, 1.165) is 12.1 Å². The number of ether oxygens (including phenoxy) is 2. The number of rotatable bonds is 6. The van der Waals surface area contributed by atoms with Gasteiger partial charge in [-0.1, -0.05) is 6.07 Å². The molecule has 1 atom stereocenters. The number of benzene rings is 1. The van der Waals surface area contributed by atoms with E-state index in [1.165, 1.54) is 0 Å². The van der Waals surface area contributed by atoms with Gasteiger partial charge < -0.3 is 24.6 Å². The molecule has 0 bridgehead atoms. The van der Waals surface area contributed by atoms with Gasteiger partial charge in [-0.15, -0.1) is 0 Å². The summed E-state index contributed by atoms with van der Waals surface area (Å²) in [6.07, 6.45) is 0.980. The highest BCUT2D eigenvalue weighted by Gasteiger charge is 2.35. The van der Waals surface area contributed by atoms with Gasteiger partial charge in [0.25, 0.3) is 0 Å². The molecule has 0 unspecified atom stereocenters. The first-order chi connectivity index (χ1) is 11.5. The van der Waals surface area contributed by atoms with Gasteiger partial charge in [-0.05, 0) is 38.2 Å². The summed E-state index contributed by atoms with van der Waals surface area (Å²) in [7, 11) is 3.91. The van der Waals surface area contributed by atoms with E-state index in [0.29, 0.717) is 37.4 Å². The van der Waals surface area contributed by atoms with Crippen LogP contribution in [0, 0.1) is 0 Å². The molecule has 2 aliphatic rings. The van der Waals surface area contributed by atoms with E-state index in [-0.39, 0.29) is 18.6 Å². The fourth-order valence-corrected chi connectivity index (χ4v) is 2.96. The number of amides is 2. The Balaban J connectivity index is 1.64. The molecule has 3 rings (SSSR count). The Morgan fingerprint density at radius 2 is 2.12 bits per heavy atom. The van der Waals surface area contributed by atoms with Crippen LogP contribution in [0.1, 0.15) is 18.4 Å². The fraction of sp³-hybridized carbons (Fsp3) is 0.529. The van der Waals surface area contributed by atoms with E-state index in [1.807, 2.05) is 37.2 Å². The molecule has 2 heterocycles. The second-order valence-corrected chi connectivity index (χ2v) is 6.36. The van der Waals surface area contributed by atoms with Crippen molar-refractivity contribution in [3.8, 4) is 11.5 Å². The number of carbonyl (C=O) groups is 2. The lowest BCUT2D eigenvalue weighted by Gasteiger charge is -2.24. The minimum absolute atomic E-state index is 0.0143. The molecule has 2 aliphatic heterocycles. The van der Waals surface area contributed by atoms with E-state index in [9.17, 15) is 9.59 Å². The first-order valence-electron chi connectivity index (χ1n) is 8.15. The zero-order chi connectivity index (χ0) is 17.1. The molecule has 24 heavy (non-hydrogen) atoms. The van der Waals surface area contributed by atoms with Crippen molar-refractivity contribution >= 4 is 11.8 Å². The van der Waals surface area contributed by atoms with Gasteiger partial charge in [-0.25, -0.2) is 0 Å². The third-order valence-corrected chi connectivity index (χ3v) is 4.28. The number of hydrogen-bond donors (Lipinski definition) is 1. The average molecular weight is 333 g/mol. The average Bonchev–Trinajstić information content (AvgIpc) is 3.14. The number of likely N-dealkylation sites (tertiary alicyclic amines) is 1. The largest absolute Gasteiger partial charge is 0.454 e. The van der Waals surface area contributed by atoms with Crippen LogP contribution in [0.15, 0.2) is 18.2 Å². The Hall–Kier alpha value is -2.28. The van der Waals surface area contributed by atoms with E-state index >= 15 is 0 Å². The summed E-state index contributed by atoms with van der Waals surface area (Å²) in [6, 6.07) is 5.21. The molecule has 7 nitrogen and oxygen atoms in total. The zero-order valence-electron chi connectivity index (χ0n) is 14.1. The molecule has 0 aromatic heterocycles. The Labute approximate surface area is 141 Å². The lowest BCUT2D eigenvalue weighted by molar-refractivity contribution is -0.135. The lowest BCUT2D eigenvalue weighted by Crippen LogP contribution is -2.45. The van der Waals surface area contributed by atoms with Crippen LogP contribution >= 0.6 is 0 Å². The molecule has 1 fully saturated rings. The van der Waals surface area contributed by atoms with E-state index < -0.39 is 6.04 Å². The minimum Gasteiger partial charge on any atom is -0.454 e. The quantitative estimate of drug-likeness (QED) is 0.825. The van der Waals surface area contributed by atoms with Crippen LogP contribution in [0.5, 0.6) is 11.5 Å². The van der Waals surface area contributed by atoms with Crippen LogP contribution in [-0.2, 0) is 16.1 Å². The highest BCUT2D eigenvalue weighted by Crippen LogP contribution is 2.33. The maximum absolute atomic E-state index is 12.4. The lowest BCUT2D eigenvalue weighted by atomic mass is 10.1. The monoisotopic (exact) mass is 333 g/mol. The van der Waals surface area contributed by atoms with Crippen LogP contribution in [0.4, 0.5) is 0 Å². The molecule has 7 heteroatoms. The number of hydrogen-bond acceptors (Lipinski definition) is 5. The van der Waals surface area contributed by atoms with Gasteiger partial charge in [0, 0.05) is 26.1 Å². The molecule has 130 valence electrons. The Morgan fingerprint density at radius 1 is 1.33 bits per heavy atom. The number of carbonyl (C=O) groups excluding carboxylic acids is 2. The van der Waals surface area contributed by atoms with E-state index in [2.05, 4.69) is 5.32 Å². The van der Waals surface area contributed by atoms with E-state index in [1.54, 1.807) is 4.90 Å². The standard InChI is InChI=1S/C17H23N3O4/c1-19(2)8-7-18-17(22)13-4-6-16(21)20(13)10-12-3-5-14-15(9-12)24-11-23-14/h3,5,9,13H,4,6-8,10-11H2,1-2H3,(H,18,22)/t13-/m0/s1. The van der Waals surface area contributed by atoms with Gasteiger partial charge >= 0.3 is 0 Å². The second-order valence-electron chi connectivity index (χ2n) is 6.36. The Bertz CT molecular complexity index is 632. The summed E-state index contributed by atoms with van der Waals surface area (Å²) in [6.45, 7) is 1.97. The van der Waals surface area contributed by atoms with Crippen molar-refractivity contribution in [2.45, 2.75) is 25.4 Å². The summed E-state index contributed by atoms with van der Waals surface area (Å²) < 4.78 is 10.7. The van der Waals surface area contributed by atoms with Crippen molar-refractivity contribution in [1.82, 2.24) is 15.1 Å². The summed E-state index contributed by atoms with van der Waals surface area (Å²) in [4.78, 5) is 28.2. The maximum atomic E-state index is 12.4. The highest BCUT2D eigenvalue weighted by molar-refractivity contribution is 5.90. The molecule has 2 amide bonds. The van der Waals surface area contributed by atoms with Crippen LogP contribution in [-0.4, -0.2) is 61.6 Å². The topological polar surface area (TPSA) is 71.1 Å². The maximum Gasteiger partial charge on any atom is 0.242 e. The van der Waals surface area contributed by atoms with Crippen molar-refractivity contribution in [2.24, 2.45) is 0 Å². The molecular formula is C17H23N3O4. The van der Waals surface area contributed by atoms with Gasteiger partial charge in [0.1, 0.15) is 6.04 Å². The molecule has 1 aromatic carbocycles. The summed E-state index contributed by atoms with van der Waals surface area (Å²) in [5.74, 6) is 1.33. The first-order valence-corrected chi connectivity index (χ1v) is 8.15.